The van der Waals surface area contributed by atoms with Crippen LogP contribution in [0, 0.1) is 11.6 Å². The Balaban J connectivity index is 2.59. The van der Waals surface area contributed by atoms with E-state index in [9.17, 15) is 26.7 Å². The number of anilines is 1. The summed E-state index contributed by atoms with van der Waals surface area (Å²) in [5.74, 6) is -3.26. The van der Waals surface area contributed by atoms with Crippen molar-refractivity contribution in [3.05, 3.63) is 29.5 Å². The second kappa shape index (κ2) is 6.17. The molecule has 0 spiro atoms. The Morgan fingerprint density at radius 1 is 1.24 bits per heavy atom. The molecule has 0 radical (unpaired) electrons. The van der Waals surface area contributed by atoms with Gasteiger partial charge >= 0.3 is 12.3 Å². The van der Waals surface area contributed by atoms with Gasteiger partial charge in [0.05, 0.1) is 11.1 Å². The Labute approximate surface area is 138 Å². The number of nitrogens with two attached hydrogens (primary N) is 1. The van der Waals surface area contributed by atoms with E-state index in [0.717, 1.165) is 6.07 Å². The van der Waals surface area contributed by atoms with Crippen molar-refractivity contribution in [3.8, 4) is 0 Å². The number of carbonyl (C=O) groups is 1. The summed E-state index contributed by atoms with van der Waals surface area (Å²) in [5, 5.41) is 1.62. The molecule has 1 amide bonds. The molecule has 1 aromatic heterocycles. The molecule has 0 bridgehead atoms. The summed E-state index contributed by atoms with van der Waals surface area (Å²) < 4.78 is 75.9. The highest BCUT2D eigenvalue weighted by Crippen LogP contribution is 2.41. The molecule has 1 heterocycles. The minimum Gasteiger partial charge on any atom is -0.454 e. The van der Waals surface area contributed by atoms with Crippen molar-refractivity contribution in [3.63, 3.8) is 0 Å². The highest BCUT2D eigenvalue weighted by Gasteiger charge is 2.42. The number of nitrogens with one attached hydrogen (secondary N) is 1. The molecule has 0 saturated carbocycles. The van der Waals surface area contributed by atoms with E-state index in [4.69, 9.17) is 14.9 Å². The topological polar surface area (TPSA) is 77.5 Å². The average molecular weight is 366 g/mol. The van der Waals surface area contributed by atoms with E-state index >= 15 is 0 Å². The Morgan fingerprint density at radius 3 is 2.36 bits per heavy atom. The van der Waals surface area contributed by atoms with E-state index in [2.05, 4.69) is 0 Å². The third kappa shape index (κ3) is 4.19. The van der Waals surface area contributed by atoms with Crippen LogP contribution in [0.3, 0.4) is 0 Å². The molecule has 3 N–H and O–H groups in total. The van der Waals surface area contributed by atoms with Gasteiger partial charge in [-0.3, -0.25) is 5.32 Å². The van der Waals surface area contributed by atoms with Gasteiger partial charge in [0.2, 0.25) is 0 Å². The average Bonchev–Trinajstić information content (AvgIpc) is 2.73. The molecule has 5 nitrogen and oxygen atoms in total. The third-order valence-electron chi connectivity index (χ3n) is 3.00. The van der Waals surface area contributed by atoms with Crippen LogP contribution in [0.2, 0.25) is 0 Å². The maximum Gasteiger partial charge on any atom is 0.412 e. The zero-order chi connectivity index (χ0) is 19.2. The maximum atomic E-state index is 13.8. The van der Waals surface area contributed by atoms with E-state index in [1.165, 1.54) is 20.8 Å². The van der Waals surface area contributed by atoms with Gasteiger partial charge in [0, 0.05) is 6.07 Å². The number of benzene rings is 1. The lowest BCUT2D eigenvalue weighted by Gasteiger charge is -2.20. The van der Waals surface area contributed by atoms with E-state index < -0.39 is 58.0 Å². The van der Waals surface area contributed by atoms with Gasteiger partial charge in [-0.15, -0.1) is 0 Å². The summed E-state index contributed by atoms with van der Waals surface area (Å²) in [7, 11) is 0. The van der Waals surface area contributed by atoms with Crippen LogP contribution in [-0.4, -0.2) is 17.9 Å². The van der Waals surface area contributed by atoms with Crippen molar-refractivity contribution < 1.29 is 35.9 Å². The zero-order valence-corrected chi connectivity index (χ0v) is 13.4. The second-order valence-corrected chi connectivity index (χ2v) is 6.25. The van der Waals surface area contributed by atoms with Crippen LogP contribution in [0.1, 0.15) is 32.6 Å². The fraction of sp³-hybridized carbons (Fsp3) is 0.400. The van der Waals surface area contributed by atoms with Gasteiger partial charge in [0.25, 0.3) is 0 Å². The number of ether oxygens (including phenoxy) is 1. The summed E-state index contributed by atoms with van der Waals surface area (Å²) in [6.07, 6.45) is -6.07. The molecule has 1 unspecified atom stereocenters. The van der Waals surface area contributed by atoms with E-state index in [0.29, 0.717) is 6.07 Å². The second-order valence-electron chi connectivity index (χ2n) is 6.25. The summed E-state index contributed by atoms with van der Waals surface area (Å²) >= 11 is 0. The van der Waals surface area contributed by atoms with Crippen molar-refractivity contribution in [1.29, 1.82) is 0 Å². The summed E-state index contributed by atoms with van der Waals surface area (Å²) in [4.78, 5) is 11.9. The molecular formula is C15H15F5N2O3. The highest BCUT2D eigenvalue weighted by molar-refractivity contribution is 6.00. The van der Waals surface area contributed by atoms with Gasteiger partial charge in [-0.25, -0.2) is 13.6 Å². The summed E-state index contributed by atoms with van der Waals surface area (Å²) in [6, 6.07) is -1.50. The van der Waals surface area contributed by atoms with Crippen LogP contribution in [0.15, 0.2) is 16.5 Å². The van der Waals surface area contributed by atoms with Crippen LogP contribution in [0.4, 0.5) is 32.4 Å². The monoisotopic (exact) mass is 366 g/mol. The first-order valence-corrected chi connectivity index (χ1v) is 7.03. The molecule has 0 fully saturated rings. The third-order valence-corrected chi connectivity index (χ3v) is 3.00. The van der Waals surface area contributed by atoms with Crippen molar-refractivity contribution in [2.24, 2.45) is 5.73 Å². The van der Waals surface area contributed by atoms with Crippen LogP contribution in [0.25, 0.3) is 11.0 Å². The quantitative estimate of drug-likeness (QED) is 0.761. The molecule has 2 rings (SSSR count). The summed E-state index contributed by atoms with van der Waals surface area (Å²) in [5.41, 5.74) is 2.88. The lowest BCUT2D eigenvalue weighted by atomic mass is 10.1. The molecule has 2 aromatic rings. The SMILES string of the molecule is CC(C)(C)OC(=O)Nc1c(C(N)C(F)(F)F)oc2c(F)cc(F)cc12. The minimum absolute atomic E-state index is 0.405. The lowest BCUT2D eigenvalue weighted by Crippen LogP contribution is -2.30. The number of alkyl halides is 3. The number of halogens is 5. The number of furan rings is 1. The molecule has 25 heavy (non-hydrogen) atoms. The number of amides is 1. The zero-order valence-electron chi connectivity index (χ0n) is 13.4. The molecule has 10 heteroatoms. The normalized spacial score (nSPS) is 13.8. The maximum absolute atomic E-state index is 13.8. The fourth-order valence-corrected chi connectivity index (χ4v) is 2.05. The smallest absolute Gasteiger partial charge is 0.412 e. The first-order chi connectivity index (χ1) is 11.3. The van der Waals surface area contributed by atoms with E-state index in [-0.39, 0.29) is 0 Å². The van der Waals surface area contributed by atoms with Gasteiger partial charge in [-0.1, -0.05) is 0 Å². The molecule has 0 aliphatic heterocycles. The van der Waals surface area contributed by atoms with Crippen molar-refractivity contribution in [1.82, 2.24) is 0 Å². The van der Waals surface area contributed by atoms with Gasteiger partial charge < -0.3 is 14.9 Å². The fourth-order valence-electron chi connectivity index (χ4n) is 2.05. The summed E-state index contributed by atoms with van der Waals surface area (Å²) in [6.45, 7) is 4.59. The first kappa shape index (κ1) is 19.0. The molecule has 1 atom stereocenters. The molecule has 0 saturated heterocycles. The highest BCUT2D eigenvalue weighted by atomic mass is 19.4. The Bertz CT molecular complexity index is 808. The van der Waals surface area contributed by atoms with Crippen molar-refractivity contribution >= 4 is 22.7 Å². The van der Waals surface area contributed by atoms with Crippen molar-refractivity contribution in [2.75, 3.05) is 5.32 Å². The predicted octanol–water partition coefficient (Wildman–Crippen LogP) is 4.62. The van der Waals surface area contributed by atoms with Crippen LogP contribution >= 0.6 is 0 Å². The van der Waals surface area contributed by atoms with Crippen molar-refractivity contribution in [2.45, 2.75) is 38.6 Å². The lowest BCUT2D eigenvalue weighted by molar-refractivity contribution is -0.152. The molecule has 1 aromatic carbocycles. The van der Waals surface area contributed by atoms with Crippen LogP contribution in [-0.2, 0) is 4.74 Å². The van der Waals surface area contributed by atoms with E-state index in [1.54, 1.807) is 0 Å². The largest absolute Gasteiger partial charge is 0.454 e. The molecule has 0 aliphatic rings. The number of carbonyl (C=O) groups excluding carboxylic acids is 1. The van der Waals surface area contributed by atoms with Crippen LogP contribution in [0.5, 0.6) is 0 Å². The number of rotatable bonds is 2. The molecular weight excluding hydrogens is 351 g/mol. The Hall–Kier alpha value is -2.36. The number of hydrogen-bond acceptors (Lipinski definition) is 4. The van der Waals surface area contributed by atoms with Gasteiger partial charge in [-0.2, -0.15) is 13.2 Å². The van der Waals surface area contributed by atoms with Gasteiger partial charge in [-0.05, 0) is 26.8 Å². The Kier molecular flexibility index (Phi) is 4.69. The Morgan fingerprint density at radius 2 is 1.84 bits per heavy atom. The molecule has 138 valence electrons. The number of hydrogen-bond donors (Lipinski definition) is 2. The van der Waals surface area contributed by atoms with Gasteiger partial charge in [0.1, 0.15) is 11.4 Å². The molecule has 0 aliphatic carbocycles. The predicted molar refractivity (Wildman–Crippen MR) is 79.0 cm³/mol. The first-order valence-electron chi connectivity index (χ1n) is 7.03. The minimum atomic E-state index is -4.94. The van der Waals surface area contributed by atoms with Crippen LogP contribution < -0.4 is 11.1 Å². The van der Waals surface area contributed by atoms with E-state index in [1.807, 2.05) is 5.32 Å². The number of fused-ring (bicyclic) bond motifs is 1. The standard InChI is InChI=1S/C15H15F5N2O3/c1-14(2,3)25-13(23)22-9-7-4-6(16)5-8(17)10(7)24-11(9)12(21)15(18,19)20/h4-5,12H,21H2,1-3H3,(H,22,23). The van der Waals surface area contributed by atoms with Gasteiger partial charge in [0.15, 0.2) is 23.2 Å².